The maximum absolute atomic E-state index is 10.4. The summed E-state index contributed by atoms with van der Waals surface area (Å²) in [6.07, 6.45) is 1.87. The van der Waals surface area contributed by atoms with Gasteiger partial charge in [-0.1, -0.05) is 80.4 Å². The molecule has 0 fully saturated rings. The van der Waals surface area contributed by atoms with Crippen LogP contribution < -0.4 is 0 Å². The Morgan fingerprint density at radius 2 is 1.54 bits per heavy atom. The van der Waals surface area contributed by atoms with Crippen LogP contribution in [0.5, 0.6) is 5.75 Å². The Balaban J connectivity index is 0.00000280. The van der Waals surface area contributed by atoms with Crippen LogP contribution in [0.2, 0.25) is 0 Å². The standard InChI is InChI=1S/C32H25N2OS.Pt/c1-32(2,3)23-18-21(17-22(19-23)29-24-10-5-4-9-20(24)15-16-33-29)25-12-8-14-28-30(25)34-31(36-28)26-11-6-7-13-27(26)35;/h4-16,18-19,35H,1-3H3;/q-1;. The summed E-state index contributed by atoms with van der Waals surface area (Å²) in [5.41, 5.74) is 6.75. The van der Waals surface area contributed by atoms with Gasteiger partial charge in [-0.05, 0) is 40.5 Å². The van der Waals surface area contributed by atoms with Crippen molar-refractivity contribution in [3.63, 3.8) is 0 Å². The predicted molar refractivity (Wildman–Crippen MR) is 150 cm³/mol. The van der Waals surface area contributed by atoms with E-state index in [1.807, 2.05) is 30.5 Å². The summed E-state index contributed by atoms with van der Waals surface area (Å²) >= 11 is 1.59. The number of aromatic hydroxyl groups is 1. The normalized spacial score (nSPS) is 11.5. The zero-order valence-corrected chi connectivity index (χ0v) is 23.8. The van der Waals surface area contributed by atoms with E-state index < -0.39 is 0 Å². The van der Waals surface area contributed by atoms with E-state index in [0.717, 1.165) is 53.9 Å². The predicted octanol–water partition coefficient (Wildman–Crippen LogP) is 8.65. The van der Waals surface area contributed by atoms with Crippen LogP contribution in [0.4, 0.5) is 0 Å². The van der Waals surface area contributed by atoms with E-state index in [1.54, 1.807) is 17.4 Å². The van der Waals surface area contributed by atoms with E-state index >= 15 is 0 Å². The molecule has 0 spiro atoms. The number of phenols is 1. The molecule has 1 N–H and O–H groups in total. The van der Waals surface area contributed by atoms with Crippen molar-refractivity contribution in [2.45, 2.75) is 26.2 Å². The van der Waals surface area contributed by atoms with Crippen LogP contribution in [0, 0.1) is 6.07 Å². The molecule has 0 aliphatic rings. The molecule has 0 unspecified atom stereocenters. The molecule has 186 valence electrons. The van der Waals surface area contributed by atoms with Crippen molar-refractivity contribution in [1.82, 2.24) is 9.97 Å². The summed E-state index contributed by atoms with van der Waals surface area (Å²) < 4.78 is 1.07. The average molecular weight is 681 g/mol. The topological polar surface area (TPSA) is 46.0 Å². The summed E-state index contributed by atoms with van der Waals surface area (Å²) in [6.45, 7) is 6.68. The molecule has 5 heteroatoms. The fourth-order valence-electron chi connectivity index (χ4n) is 4.55. The van der Waals surface area contributed by atoms with Crippen molar-refractivity contribution in [1.29, 1.82) is 0 Å². The smallest absolute Gasteiger partial charge is 0.127 e. The first-order valence-electron chi connectivity index (χ1n) is 12.0. The van der Waals surface area contributed by atoms with Crippen molar-refractivity contribution >= 4 is 32.3 Å². The van der Waals surface area contributed by atoms with Gasteiger partial charge < -0.3 is 5.11 Å². The maximum Gasteiger partial charge on any atom is 0.127 e. The van der Waals surface area contributed by atoms with Crippen LogP contribution in [0.15, 0.2) is 91.1 Å². The Morgan fingerprint density at radius 1 is 0.811 bits per heavy atom. The van der Waals surface area contributed by atoms with E-state index in [4.69, 9.17) is 9.97 Å². The van der Waals surface area contributed by atoms with Gasteiger partial charge >= 0.3 is 0 Å². The molecule has 0 bridgehead atoms. The molecule has 6 aromatic rings. The molecule has 37 heavy (non-hydrogen) atoms. The number of nitrogens with zero attached hydrogens (tertiary/aromatic N) is 2. The van der Waals surface area contributed by atoms with Crippen molar-refractivity contribution in [3.8, 4) is 38.7 Å². The molecule has 0 saturated heterocycles. The Bertz CT molecular complexity index is 1740. The van der Waals surface area contributed by atoms with E-state index in [9.17, 15) is 5.11 Å². The minimum atomic E-state index is -0.0554. The first-order chi connectivity index (χ1) is 17.4. The number of phenolic OH excluding ortho intramolecular Hbond substituents is 1. The number of hydrogen-bond acceptors (Lipinski definition) is 4. The van der Waals surface area contributed by atoms with E-state index in [-0.39, 0.29) is 32.2 Å². The second kappa shape index (κ2) is 9.85. The molecular weight excluding hydrogens is 656 g/mol. The van der Waals surface area contributed by atoms with Gasteiger partial charge in [0.15, 0.2) is 0 Å². The third-order valence-corrected chi connectivity index (χ3v) is 7.56. The molecule has 6 rings (SSSR count). The number of pyridine rings is 1. The first-order valence-corrected chi connectivity index (χ1v) is 12.8. The fraction of sp³-hybridized carbons (Fsp3) is 0.125. The first kappa shape index (κ1) is 25.3. The summed E-state index contributed by atoms with van der Waals surface area (Å²) in [5, 5.41) is 13.5. The minimum Gasteiger partial charge on any atom is -0.507 e. The quantitative estimate of drug-likeness (QED) is 0.191. The average Bonchev–Trinajstić information content (AvgIpc) is 3.32. The fourth-order valence-corrected chi connectivity index (χ4v) is 5.57. The molecule has 4 aromatic carbocycles. The zero-order valence-electron chi connectivity index (χ0n) is 20.7. The van der Waals surface area contributed by atoms with Crippen LogP contribution in [0.1, 0.15) is 26.3 Å². The Kier molecular flexibility index (Phi) is 6.74. The maximum atomic E-state index is 10.4. The van der Waals surface area contributed by atoms with Gasteiger partial charge in [0.05, 0.1) is 11.1 Å². The van der Waals surface area contributed by atoms with E-state index in [1.165, 1.54) is 5.56 Å². The van der Waals surface area contributed by atoms with Gasteiger partial charge in [-0.15, -0.1) is 40.7 Å². The molecule has 0 saturated carbocycles. The summed E-state index contributed by atoms with van der Waals surface area (Å²) in [6, 6.07) is 32.1. The molecule has 3 nitrogen and oxygen atoms in total. The van der Waals surface area contributed by atoms with E-state index in [2.05, 4.69) is 81.4 Å². The number of para-hydroxylation sites is 2. The van der Waals surface area contributed by atoms with Gasteiger partial charge in [0, 0.05) is 37.7 Å². The number of aromatic nitrogens is 2. The Labute approximate surface area is 235 Å². The molecule has 0 atom stereocenters. The molecule has 0 aliphatic carbocycles. The molecule has 0 radical (unpaired) electrons. The molecular formula is C32H25N2OPtS-. The second-order valence-corrected chi connectivity index (χ2v) is 11.0. The van der Waals surface area contributed by atoms with Gasteiger partial charge in [0.2, 0.25) is 0 Å². The van der Waals surface area contributed by atoms with Gasteiger partial charge in [-0.25, -0.2) is 4.98 Å². The van der Waals surface area contributed by atoms with Crippen molar-refractivity contribution in [2.75, 3.05) is 0 Å². The van der Waals surface area contributed by atoms with Crippen LogP contribution in [-0.2, 0) is 26.5 Å². The van der Waals surface area contributed by atoms with Crippen LogP contribution in [-0.4, -0.2) is 15.1 Å². The minimum absolute atomic E-state index is 0. The van der Waals surface area contributed by atoms with Crippen molar-refractivity contribution in [3.05, 3.63) is 103 Å². The third-order valence-electron chi connectivity index (χ3n) is 6.51. The number of hydrogen-bond donors (Lipinski definition) is 1. The molecule has 0 aliphatic heterocycles. The Hall–Kier alpha value is -3.33. The summed E-state index contributed by atoms with van der Waals surface area (Å²) in [7, 11) is 0. The van der Waals surface area contributed by atoms with Crippen LogP contribution in [0.3, 0.4) is 0 Å². The second-order valence-electron chi connectivity index (χ2n) is 10.0. The van der Waals surface area contributed by atoms with Gasteiger partial charge in [-0.3, -0.25) is 4.98 Å². The molecule has 0 amide bonds. The summed E-state index contributed by atoms with van der Waals surface area (Å²) in [5.74, 6) is 0.240. The zero-order chi connectivity index (χ0) is 24.9. The Morgan fingerprint density at radius 3 is 2.35 bits per heavy atom. The van der Waals surface area contributed by atoms with Crippen molar-refractivity contribution in [2.24, 2.45) is 0 Å². The monoisotopic (exact) mass is 680 g/mol. The number of thiazole rings is 1. The largest absolute Gasteiger partial charge is 0.507 e. The molecule has 2 aromatic heterocycles. The third kappa shape index (κ3) is 4.72. The van der Waals surface area contributed by atoms with Crippen LogP contribution >= 0.6 is 11.3 Å². The number of fused-ring (bicyclic) bond motifs is 2. The van der Waals surface area contributed by atoms with E-state index in [0.29, 0.717) is 0 Å². The van der Waals surface area contributed by atoms with Gasteiger partial charge in [-0.2, -0.15) is 0 Å². The summed E-state index contributed by atoms with van der Waals surface area (Å²) in [4.78, 5) is 9.77. The van der Waals surface area contributed by atoms with Crippen molar-refractivity contribution < 1.29 is 26.2 Å². The number of benzene rings is 4. The van der Waals surface area contributed by atoms with Gasteiger partial charge in [0.1, 0.15) is 10.8 Å². The number of rotatable bonds is 3. The SMILES string of the molecule is CC(C)(C)c1cc(-c2nccc3ccccc23)[c-]c(-c2cccc3sc(-c4ccccc4O)nc23)c1.[Pt]. The van der Waals surface area contributed by atoms with Crippen LogP contribution in [0.25, 0.3) is 53.9 Å². The molecule has 2 heterocycles. The van der Waals surface area contributed by atoms with Gasteiger partial charge in [0.25, 0.3) is 0 Å².